The quantitative estimate of drug-likeness (QED) is 0.782. The fraction of sp³-hybridized carbons (Fsp3) is 0.895. The highest BCUT2D eigenvalue weighted by atomic mass is 16.2. The molecule has 0 unspecified atom stereocenters. The van der Waals surface area contributed by atoms with Gasteiger partial charge in [0.2, 0.25) is 11.8 Å². The zero-order valence-electron chi connectivity index (χ0n) is 15.9. The topological polar surface area (TPSA) is 40.6 Å². The molecule has 2 amide bonds. The SMILES string of the molecule is CC(C)(C)CC(=O)N1CCC2(CCN(C(=O)CC(C)(C)C)C2)C1. The molecule has 2 rings (SSSR count). The summed E-state index contributed by atoms with van der Waals surface area (Å²) in [4.78, 5) is 29.0. The van der Waals surface area contributed by atoms with Crippen LogP contribution < -0.4 is 0 Å². The molecule has 132 valence electrons. The van der Waals surface area contributed by atoms with Crippen molar-refractivity contribution in [2.45, 2.75) is 67.2 Å². The fourth-order valence-electron chi connectivity index (χ4n) is 3.76. The molecule has 2 heterocycles. The van der Waals surface area contributed by atoms with E-state index in [2.05, 4.69) is 41.5 Å². The first kappa shape index (κ1) is 18.3. The molecule has 0 saturated carbocycles. The zero-order valence-corrected chi connectivity index (χ0v) is 15.9. The first-order valence-electron chi connectivity index (χ1n) is 8.95. The van der Waals surface area contributed by atoms with Crippen LogP contribution in [-0.4, -0.2) is 47.8 Å². The van der Waals surface area contributed by atoms with Crippen molar-refractivity contribution in [2.75, 3.05) is 26.2 Å². The Labute approximate surface area is 141 Å². The molecule has 0 aromatic rings. The predicted octanol–water partition coefficient (Wildman–Crippen LogP) is 3.31. The number of nitrogens with zero attached hydrogens (tertiary/aromatic N) is 2. The maximum Gasteiger partial charge on any atom is 0.223 e. The Morgan fingerprint density at radius 3 is 1.43 bits per heavy atom. The molecule has 4 heteroatoms. The summed E-state index contributed by atoms with van der Waals surface area (Å²) in [5.41, 5.74) is 0.232. The van der Waals surface area contributed by atoms with Crippen molar-refractivity contribution in [3.05, 3.63) is 0 Å². The molecule has 4 nitrogen and oxygen atoms in total. The van der Waals surface area contributed by atoms with E-state index >= 15 is 0 Å². The van der Waals surface area contributed by atoms with Crippen molar-refractivity contribution in [1.82, 2.24) is 9.80 Å². The van der Waals surface area contributed by atoms with Gasteiger partial charge in [-0.2, -0.15) is 0 Å². The molecule has 0 aliphatic carbocycles. The van der Waals surface area contributed by atoms with Gasteiger partial charge in [0.25, 0.3) is 0 Å². The van der Waals surface area contributed by atoms with E-state index in [9.17, 15) is 9.59 Å². The zero-order chi connectivity index (χ0) is 17.5. The Hall–Kier alpha value is -1.06. The molecule has 0 atom stereocenters. The number of likely N-dealkylation sites (tertiary alicyclic amines) is 2. The summed E-state index contributed by atoms with van der Waals surface area (Å²) < 4.78 is 0. The van der Waals surface area contributed by atoms with Crippen molar-refractivity contribution in [2.24, 2.45) is 16.2 Å². The number of amides is 2. The van der Waals surface area contributed by atoms with E-state index in [1.54, 1.807) is 0 Å². The highest BCUT2D eigenvalue weighted by Crippen LogP contribution is 2.40. The standard InChI is InChI=1S/C19H34N2O2/c1-17(2,3)11-15(22)20-9-7-19(13-20)8-10-21(14-19)16(23)12-18(4,5)6/h7-14H2,1-6H3. The van der Waals surface area contributed by atoms with E-state index in [0.717, 1.165) is 39.0 Å². The van der Waals surface area contributed by atoms with Crippen LogP contribution in [0.1, 0.15) is 67.2 Å². The Balaban J connectivity index is 1.91. The van der Waals surface area contributed by atoms with E-state index in [1.807, 2.05) is 9.80 Å². The fourth-order valence-corrected chi connectivity index (χ4v) is 3.76. The van der Waals surface area contributed by atoms with Gasteiger partial charge < -0.3 is 9.80 Å². The van der Waals surface area contributed by atoms with E-state index < -0.39 is 0 Å². The molecule has 0 N–H and O–H groups in total. The molecule has 2 aliphatic heterocycles. The summed E-state index contributed by atoms with van der Waals surface area (Å²) in [6, 6.07) is 0. The van der Waals surface area contributed by atoms with Gasteiger partial charge in [0.1, 0.15) is 0 Å². The molecular weight excluding hydrogens is 288 g/mol. The highest BCUT2D eigenvalue weighted by Gasteiger charge is 2.46. The van der Waals surface area contributed by atoms with E-state index in [4.69, 9.17) is 0 Å². The lowest BCUT2D eigenvalue weighted by Crippen LogP contribution is -2.37. The average molecular weight is 322 g/mol. The Bertz CT molecular complexity index is 427. The lowest BCUT2D eigenvalue weighted by molar-refractivity contribution is -0.132. The van der Waals surface area contributed by atoms with Crippen LogP contribution in [0.2, 0.25) is 0 Å². The molecule has 0 bridgehead atoms. The van der Waals surface area contributed by atoms with E-state index in [1.165, 1.54) is 0 Å². The van der Waals surface area contributed by atoms with Crippen LogP contribution in [0.3, 0.4) is 0 Å². The number of rotatable bonds is 2. The second-order valence-electron chi connectivity index (χ2n) is 10.1. The van der Waals surface area contributed by atoms with Crippen molar-refractivity contribution in [1.29, 1.82) is 0 Å². The molecule has 2 aliphatic rings. The third kappa shape index (κ3) is 4.95. The average Bonchev–Trinajstić information content (AvgIpc) is 2.93. The Morgan fingerprint density at radius 2 is 1.13 bits per heavy atom. The molecule has 1 spiro atoms. The number of carbonyl (C=O) groups excluding carboxylic acids is 2. The van der Waals surface area contributed by atoms with Crippen molar-refractivity contribution in [3.8, 4) is 0 Å². The number of hydrogen-bond donors (Lipinski definition) is 0. The molecule has 0 aromatic heterocycles. The summed E-state index contributed by atoms with van der Waals surface area (Å²) in [5, 5.41) is 0. The van der Waals surface area contributed by atoms with Gasteiger partial charge in [-0.25, -0.2) is 0 Å². The van der Waals surface area contributed by atoms with E-state index in [0.29, 0.717) is 12.8 Å². The summed E-state index contributed by atoms with van der Waals surface area (Å²) in [6.07, 6.45) is 3.30. The minimum Gasteiger partial charge on any atom is -0.342 e. The highest BCUT2D eigenvalue weighted by molar-refractivity contribution is 5.78. The van der Waals surface area contributed by atoms with Crippen molar-refractivity contribution < 1.29 is 9.59 Å². The van der Waals surface area contributed by atoms with Crippen LogP contribution in [0, 0.1) is 16.2 Å². The first-order valence-corrected chi connectivity index (χ1v) is 8.95. The summed E-state index contributed by atoms with van der Waals surface area (Å²) >= 11 is 0. The van der Waals surface area contributed by atoms with Gasteiger partial charge >= 0.3 is 0 Å². The van der Waals surface area contributed by atoms with Crippen LogP contribution in [0.4, 0.5) is 0 Å². The maximum atomic E-state index is 12.4. The molecule has 0 radical (unpaired) electrons. The smallest absolute Gasteiger partial charge is 0.223 e. The predicted molar refractivity (Wildman–Crippen MR) is 93.0 cm³/mol. The van der Waals surface area contributed by atoms with Crippen molar-refractivity contribution in [3.63, 3.8) is 0 Å². The second kappa shape index (κ2) is 6.10. The van der Waals surface area contributed by atoms with Gasteiger partial charge in [0.05, 0.1) is 0 Å². The third-order valence-electron chi connectivity index (χ3n) is 4.95. The number of hydrogen-bond acceptors (Lipinski definition) is 2. The lowest BCUT2D eigenvalue weighted by atomic mass is 9.86. The van der Waals surface area contributed by atoms with Crippen LogP contribution in [0.5, 0.6) is 0 Å². The molecule has 0 aromatic carbocycles. The maximum absolute atomic E-state index is 12.4. The van der Waals surface area contributed by atoms with Crippen LogP contribution >= 0.6 is 0 Å². The second-order valence-corrected chi connectivity index (χ2v) is 10.1. The molecule has 2 saturated heterocycles. The van der Waals surface area contributed by atoms with Gasteiger partial charge in [0, 0.05) is 44.4 Å². The van der Waals surface area contributed by atoms with Gasteiger partial charge in [-0.05, 0) is 23.7 Å². The molecule has 23 heavy (non-hydrogen) atoms. The Morgan fingerprint density at radius 1 is 0.783 bits per heavy atom. The number of carbonyl (C=O) groups is 2. The minimum atomic E-state index is 0.0389. The summed E-state index contributed by atoms with van der Waals surface area (Å²) in [6.45, 7) is 16.0. The van der Waals surface area contributed by atoms with Crippen LogP contribution in [-0.2, 0) is 9.59 Å². The lowest BCUT2D eigenvalue weighted by Gasteiger charge is -2.27. The Kier molecular flexibility index (Phi) is 4.85. The van der Waals surface area contributed by atoms with Crippen molar-refractivity contribution >= 4 is 11.8 Å². The monoisotopic (exact) mass is 322 g/mol. The van der Waals surface area contributed by atoms with Gasteiger partial charge in [0.15, 0.2) is 0 Å². The molecule has 2 fully saturated rings. The van der Waals surface area contributed by atoms with E-state index in [-0.39, 0.29) is 28.1 Å². The first-order chi connectivity index (χ1) is 10.4. The normalized spacial score (nSPS) is 21.3. The minimum absolute atomic E-state index is 0.0389. The largest absolute Gasteiger partial charge is 0.342 e. The van der Waals surface area contributed by atoms with Crippen LogP contribution in [0.25, 0.3) is 0 Å². The van der Waals surface area contributed by atoms with Gasteiger partial charge in [-0.15, -0.1) is 0 Å². The molecular formula is C19H34N2O2. The van der Waals surface area contributed by atoms with Crippen LogP contribution in [0.15, 0.2) is 0 Å². The third-order valence-corrected chi connectivity index (χ3v) is 4.95. The van der Waals surface area contributed by atoms with Gasteiger partial charge in [-0.3, -0.25) is 9.59 Å². The summed E-state index contributed by atoms with van der Waals surface area (Å²) in [7, 11) is 0. The van der Waals surface area contributed by atoms with Gasteiger partial charge in [-0.1, -0.05) is 41.5 Å². The summed E-state index contributed by atoms with van der Waals surface area (Å²) in [5.74, 6) is 0.544.